The SMILES string of the molecule is CCOC(C(C)C)C(N)c1sccc1Cl. The molecule has 1 rings (SSSR count). The Hall–Kier alpha value is -0.0900. The highest BCUT2D eigenvalue weighted by molar-refractivity contribution is 7.10. The van der Waals surface area contributed by atoms with Gasteiger partial charge in [-0.3, -0.25) is 0 Å². The Morgan fingerprint density at radius 3 is 2.60 bits per heavy atom. The van der Waals surface area contributed by atoms with Crippen LogP contribution in [0.1, 0.15) is 31.7 Å². The third-order valence-electron chi connectivity index (χ3n) is 2.32. The molecule has 0 radical (unpaired) electrons. The molecular formula is C11H18ClNOS. The van der Waals surface area contributed by atoms with Crippen LogP contribution in [0.4, 0.5) is 0 Å². The zero-order chi connectivity index (χ0) is 11.4. The molecule has 1 aromatic rings. The highest BCUT2D eigenvalue weighted by atomic mass is 35.5. The summed E-state index contributed by atoms with van der Waals surface area (Å²) in [6, 6.07) is 1.75. The highest BCUT2D eigenvalue weighted by Crippen LogP contribution is 2.32. The second-order valence-corrected chi connectivity index (χ2v) is 5.18. The van der Waals surface area contributed by atoms with Crippen molar-refractivity contribution in [3.8, 4) is 0 Å². The van der Waals surface area contributed by atoms with E-state index in [1.165, 1.54) is 0 Å². The summed E-state index contributed by atoms with van der Waals surface area (Å²) in [5.74, 6) is 0.387. The Morgan fingerprint density at radius 1 is 1.53 bits per heavy atom. The van der Waals surface area contributed by atoms with Crippen molar-refractivity contribution in [1.82, 2.24) is 0 Å². The Labute approximate surface area is 100 Å². The van der Waals surface area contributed by atoms with Crippen LogP contribution in [-0.4, -0.2) is 12.7 Å². The number of thiophene rings is 1. The Balaban J connectivity index is 2.80. The predicted molar refractivity (Wildman–Crippen MR) is 66.5 cm³/mol. The molecule has 1 heterocycles. The highest BCUT2D eigenvalue weighted by Gasteiger charge is 2.25. The molecule has 15 heavy (non-hydrogen) atoms. The van der Waals surface area contributed by atoms with Gasteiger partial charge in [-0.2, -0.15) is 0 Å². The van der Waals surface area contributed by atoms with Gasteiger partial charge in [-0.25, -0.2) is 0 Å². The van der Waals surface area contributed by atoms with Crippen LogP contribution in [-0.2, 0) is 4.74 Å². The quantitative estimate of drug-likeness (QED) is 0.865. The van der Waals surface area contributed by atoms with Crippen LogP contribution in [0.15, 0.2) is 11.4 Å². The molecule has 0 aliphatic carbocycles. The second-order valence-electron chi connectivity index (χ2n) is 3.82. The first-order chi connectivity index (χ1) is 7.07. The van der Waals surface area contributed by atoms with Gasteiger partial charge in [0.15, 0.2) is 0 Å². The molecule has 2 atom stereocenters. The molecule has 0 fully saturated rings. The second kappa shape index (κ2) is 5.85. The van der Waals surface area contributed by atoms with Gasteiger partial charge in [-0.15, -0.1) is 11.3 Å². The third-order valence-corrected chi connectivity index (χ3v) is 3.78. The predicted octanol–water partition coefficient (Wildman–Crippen LogP) is 3.46. The van der Waals surface area contributed by atoms with Crippen LogP contribution >= 0.6 is 22.9 Å². The lowest BCUT2D eigenvalue weighted by atomic mass is 9.99. The van der Waals surface area contributed by atoms with E-state index in [4.69, 9.17) is 22.1 Å². The van der Waals surface area contributed by atoms with Crippen LogP contribution in [0.25, 0.3) is 0 Å². The molecule has 2 N–H and O–H groups in total. The van der Waals surface area contributed by atoms with Gasteiger partial charge in [0.1, 0.15) is 0 Å². The van der Waals surface area contributed by atoms with E-state index in [0.717, 1.165) is 9.90 Å². The van der Waals surface area contributed by atoms with Gasteiger partial charge in [0.25, 0.3) is 0 Å². The fourth-order valence-corrected chi connectivity index (χ4v) is 2.82. The minimum absolute atomic E-state index is 0.0335. The lowest BCUT2D eigenvalue weighted by Crippen LogP contribution is -2.33. The molecule has 0 bridgehead atoms. The maximum atomic E-state index is 6.17. The van der Waals surface area contributed by atoms with Crippen molar-refractivity contribution in [2.75, 3.05) is 6.61 Å². The first kappa shape index (κ1) is 13.0. The monoisotopic (exact) mass is 247 g/mol. The summed E-state index contributed by atoms with van der Waals surface area (Å²) in [4.78, 5) is 1.02. The molecule has 86 valence electrons. The molecule has 0 aliphatic rings. The standard InChI is InChI=1S/C11H18ClNOS/c1-4-14-10(7(2)3)9(13)11-8(12)5-6-15-11/h5-7,9-10H,4,13H2,1-3H3. The summed E-state index contributed by atoms with van der Waals surface area (Å²) < 4.78 is 5.67. The van der Waals surface area contributed by atoms with E-state index in [1.54, 1.807) is 11.3 Å². The Bertz CT molecular complexity index is 301. The van der Waals surface area contributed by atoms with Gasteiger partial charge >= 0.3 is 0 Å². The van der Waals surface area contributed by atoms with Crippen LogP contribution < -0.4 is 5.73 Å². The summed E-state index contributed by atoms with van der Waals surface area (Å²) in [7, 11) is 0. The van der Waals surface area contributed by atoms with Gasteiger partial charge in [0.05, 0.1) is 17.2 Å². The molecule has 0 aromatic carbocycles. The number of ether oxygens (including phenoxy) is 1. The largest absolute Gasteiger partial charge is 0.376 e. The van der Waals surface area contributed by atoms with E-state index < -0.39 is 0 Å². The average molecular weight is 248 g/mol. The lowest BCUT2D eigenvalue weighted by Gasteiger charge is -2.26. The molecule has 0 saturated carbocycles. The van der Waals surface area contributed by atoms with Crippen LogP contribution in [0.5, 0.6) is 0 Å². The number of rotatable bonds is 5. The fourth-order valence-electron chi connectivity index (χ4n) is 1.60. The fraction of sp³-hybridized carbons (Fsp3) is 0.636. The van der Waals surface area contributed by atoms with E-state index in [1.807, 2.05) is 18.4 Å². The summed E-state index contributed by atoms with van der Waals surface area (Å²) in [6.45, 7) is 6.89. The maximum Gasteiger partial charge on any atom is 0.0798 e. The van der Waals surface area contributed by atoms with Crippen LogP contribution in [0, 0.1) is 5.92 Å². The lowest BCUT2D eigenvalue weighted by molar-refractivity contribution is 0.0129. The molecule has 2 nitrogen and oxygen atoms in total. The van der Waals surface area contributed by atoms with Gasteiger partial charge in [-0.05, 0) is 24.3 Å². The Kier molecular flexibility index (Phi) is 5.06. The summed E-state index contributed by atoms with van der Waals surface area (Å²) in [5, 5.41) is 2.71. The third kappa shape index (κ3) is 3.18. The van der Waals surface area contributed by atoms with E-state index in [0.29, 0.717) is 12.5 Å². The first-order valence-electron chi connectivity index (χ1n) is 5.18. The van der Waals surface area contributed by atoms with Gasteiger partial charge in [0, 0.05) is 11.5 Å². The minimum Gasteiger partial charge on any atom is -0.376 e. The molecule has 0 aliphatic heterocycles. The van der Waals surface area contributed by atoms with Gasteiger partial charge < -0.3 is 10.5 Å². The van der Waals surface area contributed by atoms with Gasteiger partial charge in [-0.1, -0.05) is 25.4 Å². The van der Waals surface area contributed by atoms with Crippen molar-refractivity contribution in [3.05, 3.63) is 21.3 Å². The van der Waals surface area contributed by atoms with E-state index in [2.05, 4.69) is 13.8 Å². The topological polar surface area (TPSA) is 35.2 Å². The van der Waals surface area contributed by atoms with Crippen molar-refractivity contribution in [3.63, 3.8) is 0 Å². The van der Waals surface area contributed by atoms with E-state index >= 15 is 0 Å². The van der Waals surface area contributed by atoms with Crippen LogP contribution in [0.2, 0.25) is 5.02 Å². The van der Waals surface area contributed by atoms with Crippen molar-refractivity contribution in [1.29, 1.82) is 0 Å². The van der Waals surface area contributed by atoms with E-state index in [-0.39, 0.29) is 12.1 Å². The Morgan fingerprint density at radius 2 is 2.20 bits per heavy atom. The molecule has 0 saturated heterocycles. The van der Waals surface area contributed by atoms with Gasteiger partial charge in [0.2, 0.25) is 0 Å². The number of nitrogens with two attached hydrogens (primary N) is 1. The molecular weight excluding hydrogens is 230 g/mol. The molecule has 4 heteroatoms. The average Bonchev–Trinajstić information content (AvgIpc) is 2.59. The number of hydrogen-bond donors (Lipinski definition) is 1. The summed E-state index contributed by atoms with van der Waals surface area (Å²) >= 11 is 7.65. The smallest absolute Gasteiger partial charge is 0.0798 e. The minimum atomic E-state index is -0.127. The van der Waals surface area contributed by atoms with Crippen molar-refractivity contribution in [2.45, 2.75) is 32.9 Å². The van der Waals surface area contributed by atoms with Crippen molar-refractivity contribution < 1.29 is 4.74 Å². The number of hydrogen-bond acceptors (Lipinski definition) is 3. The van der Waals surface area contributed by atoms with Crippen molar-refractivity contribution in [2.24, 2.45) is 11.7 Å². The molecule has 0 spiro atoms. The maximum absolute atomic E-state index is 6.17. The zero-order valence-corrected chi connectivity index (χ0v) is 10.9. The molecule has 1 aromatic heterocycles. The van der Waals surface area contributed by atoms with Crippen molar-refractivity contribution >= 4 is 22.9 Å². The number of halogens is 1. The molecule has 0 amide bonds. The molecule has 2 unspecified atom stereocenters. The first-order valence-corrected chi connectivity index (χ1v) is 6.43. The summed E-state index contributed by atoms with van der Waals surface area (Å²) in [5.41, 5.74) is 6.17. The van der Waals surface area contributed by atoms with Crippen LogP contribution in [0.3, 0.4) is 0 Å². The summed E-state index contributed by atoms with van der Waals surface area (Å²) in [6.07, 6.45) is 0.0335. The normalized spacial score (nSPS) is 15.6. The zero-order valence-electron chi connectivity index (χ0n) is 9.37. The van der Waals surface area contributed by atoms with E-state index in [9.17, 15) is 0 Å².